The highest BCUT2D eigenvalue weighted by atomic mass is 16.3. The molecule has 0 spiro atoms. The minimum Gasteiger partial charge on any atom is -0.385 e. The van der Waals surface area contributed by atoms with Crippen LogP contribution in [0.4, 0.5) is 0 Å². The van der Waals surface area contributed by atoms with Gasteiger partial charge in [0.05, 0.1) is 0 Å². The summed E-state index contributed by atoms with van der Waals surface area (Å²) in [5.41, 5.74) is 1.93. The zero-order valence-electron chi connectivity index (χ0n) is 12.3. The summed E-state index contributed by atoms with van der Waals surface area (Å²) in [5, 5.41) is 9.63. The predicted octanol–water partition coefficient (Wildman–Crippen LogP) is 3.27. The quantitative estimate of drug-likeness (QED) is 0.668. The van der Waals surface area contributed by atoms with E-state index in [0.29, 0.717) is 12.0 Å². The van der Waals surface area contributed by atoms with Crippen molar-refractivity contribution in [3.63, 3.8) is 0 Å². The third-order valence-electron chi connectivity index (χ3n) is 2.83. The zero-order chi connectivity index (χ0) is 14.5. The van der Waals surface area contributed by atoms with Crippen LogP contribution >= 0.6 is 0 Å². The molecule has 1 aliphatic carbocycles. The lowest BCUT2D eigenvalue weighted by atomic mass is 9.71. The van der Waals surface area contributed by atoms with Gasteiger partial charge in [0.15, 0.2) is 5.78 Å². The highest BCUT2D eigenvalue weighted by Gasteiger charge is 2.37. The van der Waals surface area contributed by atoms with Crippen molar-refractivity contribution in [2.24, 2.45) is 5.41 Å². The molecule has 0 heterocycles. The van der Waals surface area contributed by atoms with Crippen molar-refractivity contribution in [1.82, 2.24) is 0 Å². The molecule has 0 aromatic rings. The third-order valence-corrected chi connectivity index (χ3v) is 2.83. The summed E-state index contributed by atoms with van der Waals surface area (Å²) in [5.74, 6) is 5.71. The molecule has 2 heteroatoms. The van der Waals surface area contributed by atoms with E-state index in [2.05, 4.69) is 18.4 Å². The largest absolute Gasteiger partial charge is 0.385 e. The predicted molar refractivity (Wildman–Crippen MR) is 76.0 cm³/mol. The zero-order valence-corrected chi connectivity index (χ0v) is 12.3. The average molecular weight is 248 g/mol. The summed E-state index contributed by atoms with van der Waals surface area (Å²) in [6.45, 7) is 15.3. The fourth-order valence-corrected chi connectivity index (χ4v) is 1.99. The summed E-state index contributed by atoms with van der Waals surface area (Å²) in [4.78, 5) is 11.7. The van der Waals surface area contributed by atoms with Gasteiger partial charge < -0.3 is 5.11 Å². The maximum Gasteiger partial charge on any atom is 0.187 e. The molecule has 1 atom stereocenters. The summed E-state index contributed by atoms with van der Waals surface area (Å²) in [6, 6.07) is 0. The van der Waals surface area contributed by atoms with Gasteiger partial charge >= 0.3 is 0 Å². The first kappa shape index (κ1) is 16.7. The summed E-state index contributed by atoms with van der Waals surface area (Å²) < 4.78 is 0. The molecule has 1 aliphatic rings. The number of Topliss-reactive ketones (excluding diaryl/α,β-unsaturated/α-hetero) is 1. The van der Waals surface area contributed by atoms with Crippen LogP contribution in [0.3, 0.4) is 0 Å². The highest BCUT2D eigenvalue weighted by molar-refractivity contribution is 6.00. The lowest BCUT2D eigenvalue weighted by Gasteiger charge is -2.33. The van der Waals surface area contributed by atoms with Gasteiger partial charge in [-0.05, 0) is 25.8 Å². The third kappa shape index (κ3) is 3.85. The maximum atomic E-state index is 11.7. The van der Waals surface area contributed by atoms with Crippen LogP contribution in [0.2, 0.25) is 0 Å². The van der Waals surface area contributed by atoms with Crippen molar-refractivity contribution >= 4 is 5.78 Å². The van der Waals surface area contributed by atoms with Crippen LogP contribution in [-0.4, -0.2) is 17.0 Å². The number of allylic oxidation sites excluding steroid dienone is 2. The molecule has 0 fully saturated rings. The van der Waals surface area contributed by atoms with Gasteiger partial charge in [-0.1, -0.05) is 46.1 Å². The molecule has 0 bridgehead atoms. The minimum atomic E-state index is -0.884. The molecule has 2 nitrogen and oxygen atoms in total. The summed E-state index contributed by atoms with van der Waals surface area (Å²) >= 11 is 0. The summed E-state index contributed by atoms with van der Waals surface area (Å²) in [6.07, 6.45) is -0.450. The van der Waals surface area contributed by atoms with Crippen molar-refractivity contribution < 1.29 is 9.90 Å². The Balaban J connectivity index is 0.00000137. The number of carbonyl (C=O) groups is 1. The van der Waals surface area contributed by atoms with Gasteiger partial charge in [0.25, 0.3) is 0 Å². The first-order valence-corrected chi connectivity index (χ1v) is 6.37. The highest BCUT2D eigenvalue weighted by Crippen LogP contribution is 2.38. The number of rotatable bonds is 0. The van der Waals surface area contributed by atoms with Crippen LogP contribution in [0.1, 0.15) is 48.0 Å². The van der Waals surface area contributed by atoms with Crippen molar-refractivity contribution in [1.29, 1.82) is 0 Å². The van der Waals surface area contributed by atoms with E-state index in [1.54, 1.807) is 6.92 Å². The van der Waals surface area contributed by atoms with Crippen molar-refractivity contribution in [2.75, 3.05) is 0 Å². The van der Waals surface area contributed by atoms with E-state index < -0.39 is 6.10 Å². The molecule has 0 aromatic heterocycles. The number of aliphatic hydroxyl groups excluding tert-OH is 1. The second-order valence-electron chi connectivity index (χ2n) is 5.00. The Kier molecular flexibility index (Phi) is 6.08. The van der Waals surface area contributed by atoms with E-state index in [1.807, 2.05) is 34.6 Å². The van der Waals surface area contributed by atoms with Gasteiger partial charge in [-0.2, -0.15) is 0 Å². The number of hydrogen-bond acceptors (Lipinski definition) is 2. The monoisotopic (exact) mass is 248 g/mol. The van der Waals surface area contributed by atoms with E-state index in [9.17, 15) is 9.90 Å². The van der Waals surface area contributed by atoms with Gasteiger partial charge in [0.2, 0.25) is 0 Å². The first-order valence-electron chi connectivity index (χ1n) is 6.37. The number of carbonyl (C=O) groups excluding carboxylic acids is 1. The Labute approximate surface area is 111 Å². The molecule has 100 valence electrons. The summed E-state index contributed by atoms with van der Waals surface area (Å²) in [7, 11) is 0. The minimum absolute atomic E-state index is 0.203. The van der Waals surface area contributed by atoms with E-state index in [1.165, 1.54) is 0 Å². The smallest absolute Gasteiger partial charge is 0.187 e. The molecule has 18 heavy (non-hydrogen) atoms. The van der Waals surface area contributed by atoms with Crippen LogP contribution in [0.5, 0.6) is 0 Å². The van der Waals surface area contributed by atoms with Gasteiger partial charge in [-0.15, -0.1) is 0 Å². The lowest BCUT2D eigenvalue weighted by molar-refractivity contribution is -0.125. The Morgan fingerprint density at radius 2 is 1.94 bits per heavy atom. The lowest BCUT2D eigenvalue weighted by Crippen LogP contribution is -2.35. The van der Waals surface area contributed by atoms with E-state index in [-0.39, 0.29) is 11.2 Å². The molecule has 0 amide bonds. The molecule has 1 rings (SSSR count). The van der Waals surface area contributed by atoms with Crippen LogP contribution in [0.25, 0.3) is 0 Å². The Morgan fingerprint density at radius 1 is 1.44 bits per heavy atom. The molecule has 0 saturated heterocycles. The van der Waals surface area contributed by atoms with E-state index >= 15 is 0 Å². The fraction of sp³-hybridized carbons (Fsp3) is 0.562. The molecular weight excluding hydrogens is 224 g/mol. The Bertz CT molecular complexity index is 428. The van der Waals surface area contributed by atoms with Crippen LogP contribution in [0, 0.1) is 17.3 Å². The SMILES string of the molecule is C=C(C)C#CC1=C(C)C(=O)C(O)CC1(C)C.CC. The topological polar surface area (TPSA) is 37.3 Å². The number of ketones is 1. The van der Waals surface area contributed by atoms with Crippen LogP contribution in [-0.2, 0) is 4.79 Å². The standard InChI is InChI=1S/C14H18O2.C2H6/c1-9(2)6-7-11-10(3)13(16)12(15)8-14(11,4)5;1-2/h12,15H,1,8H2,2-5H3;1-2H3. The number of aliphatic hydroxyl groups is 1. The van der Waals surface area contributed by atoms with E-state index in [0.717, 1.165) is 11.1 Å². The van der Waals surface area contributed by atoms with Gasteiger partial charge in [0.1, 0.15) is 6.10 Å². The molecule has 1 N–H and O–H groups in total. The van der Waals surface area contributed by atoms with Crippen molar-refractivity contribution in [2.45, 2.75) is 54.1 Å². The van der Waals surface area contributed by atoms with Crippen LogP contribution in [0.15, 0.2) is 23.3 Å². The fourth-order valence-electron chi connectivity index (χ4n) is 1.99. The second kappa shape index (κ2) is 6.56. The van der Waals surface area contributed by atoms with Gasteiger partial charge in [-0.25, -0.2) is 0 Å². The maximum absolute atomic E-state index is 11.7. The second-order valence-corrected chi connectivity index (χ2v) is 5.00. The first-order chi connectivity index (χ1) is 8.25. The molecule has 0 aliphatic heterocycles. The molecule has 0 aromatic carbocycles. The molecule has 0 radical (unpaired) electrons. The average Bonchev–Trinajstić information content (AvgIpc) is 2.27. The molecular formula is C16H24O2. The Hall–Kier alpha value is -1.33. The van der Waals surface area contributed by atoms with Crippen molar-refractivity contribution in [3.05, 3.63) is 23.3 Å². The normalized spacial score (nSPS) is 21.5. The Morgan fingerprint density at radius 3 is 2.39 bits per heavy atom. The number of hydrogen-bond donors (Lipinski definition) is 1. The van der Waals surface area contributed by atoms with Gasteiger partial charge in [0, 0.05) is 16.6 Å². The van der Waals surface area contributed by atoms with Gasteiger partial charge in [-0.3, -0.25) is 4.79 Å². The van der Waals surface area contributed by atoms with Crippen LogP contribution < -0.4 is 0 Å². The molecule has 1 unspecified atom stereocenters. The van der Waals surface area contributed by atoms with E-state index in [4.69, 9.17) is 0 Å². The van der Waals surface area contributed by atoms with Crippen molar-refractivity contribution in [3.8, 4) is 11.8 Å². The molecule has 0 saturated carbocycles.